The summed E-state index contributed by atoms with van der Waals surface area (Å²) in [5.41, 5.74) is 8.73. The molecule has 1 unspecified atom stereocenters. The van der Waals surface area contributed by atoms with Crippen molar-refractivity contribution in [3.05, 3.63) is 28.8 Å². The quantitative estimate of drug-likeness (QED) is 0.790. The first-order chi connectivity index (χ1) is 8.97. The number of hydrogen-bond donors (Lipinski definition) is 2. The van der Waals surface area contributed by atoms with Crippen LogP contribution >= 0.6 is 0 Å². The second kappa shape index (κ2) is 7.14. The van der Waals surface area contributed by atoms with Crippen molar-refractivity contribution in [3.63, 3.8) is 0 Å². The Hall–Kier alpha value is -1.55. The smallest absolute Gasteiger partial charge is 0.238 e. The lowest BCUT2D eigenvalue weighted by molar-refractivity contribution is -0.120. The van der Waals surface area contributed by atoms with Crippen LogP contribution < -0.4 is 15.8 Å². The molecule has 0 fully saturated rings. The lowest BCUT2D eigenvalue weighted by Gasteiger charge is -2.19. The number of primary amides is 1. The van der Waals surface area contributed by atoms with Crippen molar-refractivity contribution in [2.24, 2.45) is 5.73 Å². The number of aryl methyl sites for hydroxylation is 2. The molecule has 1 atom stereocenters. The van der Waals surface area contributed by atoms with Gasteiger partial charge in [0.1, 0.15) is 18.4 Å². The van der Waals surface area contributed by atoms with Gasteiger partial charge in [-0.1, -0.05) is 19.1 Å². The molecule has 3 N–H and O–H groups in total. The standard InChI is InChI=1S/C15H24N2O2/c1-5-8-17-13(15(16)18)9-19-14-11(3)7-6-10(2)12(14)4/h6-7,13,17H,5,8-9H2,1-4H3,(H2,16,18). The summed E-state index contributed by atoms with van der Waals surface area (Å²) in [6.07, 6.45) is 0.951. The van der Waals surface area contributed by atoms with E-state index in [-0.39, 0.29) is 12.5 Å². The number of nitrogens with one attached hydrogen (secondary N) is 1. The number of carbonyl (C=O) groups is 1. The molecule has 0 aliphatic carbocycles. The van der Waals surface area contributed by atoms with Crippen LogP contribution in [0.3, 0.4) is 0 Å². The Morgan fingerprint density at radius 3 is 2.53 bits per heavy atom. The summed E-state index contributed by atoms with van der Waals surface area (Å²) in [6.45, 7) is 9.13. The topological polar surface area (TPSA) is 64.3 Å². The summed E-state index contributed by atoms with van der Waals surface area (Å²) in [4.78, 5) is 11.3. The van der Waals surface area contributed by atoms with E-state index in [0.29, 0.717) is 0 Å². The number of ether oxygens (including phenoxy) is 1. The molecule has 0 heterocycles. The monoisotopic (exact) mass is 264 g/mol. The van der Waals surface area contributed by atoms with Gasteiger partial charge in [0.25, 0.3) is 0 Å². The van der Waals surface area contributed by atoms with Crippen molar-refractivity contribution in [2.75, 3.05) is 13.2 Å². The van der Waals surface area contributed by atoms with Crippen LogP contribution in [0.25, 0.3) is 0 Å². The van der Waals surface area contributed by atoms with Crippen LogP contribution in [0.15, 0.2) is 12.1 Å². The van der Waals surface area contributed by atoms with Crippen molar-refractivity contribution in [1.82, 2.24) is 5.32 Å². The van der Waals surface area contributed by atoms with E-state index in [4.69, 9.17) is 10.5 Å². The van der Waals surface area contributed by atoms with E-state index < -0.39 is 6.04 Å². The summed E-state index contributed by atoms with van der Waals surface area (Å²) >= 11 is 0. The molecule has 0 aliphatic rings. The first-order valence-electron chi connectivity index (χ1n) is 6.69. The van der Waals surface area contributed by atoms with E-state index in [1.54, 1.807) is 0 Å². The van der Waals surface area contributed by atoms with E-state index in [1.165, 1.54) is 5.56 Å². The lowest BCUT2D eigenvalue weighted by Crippen LogP contribution is -2.45. The molecule has 0 saturated heterocycles. The van der Waals surface area contributed by atoms with Gasteiger partial charge in [-0.15, -0.1) is 0 Å². The molecule has 4 heteroatoms. The number of hydrogen-bond acceptors (Lipinski definition) is 3. The van der Waals surface area contributed by atoms with Gasteiger partial charge in [-0.25, -0.2) is 0 Å². The van der Waals surface area contributed by atoms with Gasteiger partial charge in [-0.05, 0) is 50.4 Å². The van der Waals surface area contributed by atoms with Gasteiger partial charge in [0.2, 0.25) is 5.91 Å². The Balaban J connectivity index is 2.74. The molecule has 0 saturated carbocycles. The van der Waals surface area contributed by atoms with Gasteiger partial charge in [-0.2, -0.15) is 0 Å². The van der Waals surface area contributed by atoms with Crippen molar-refractivity contribution < 1.29 is 9.53 Å². The predicted octanol–water partition coefficient (Wildman–Crippen LogP) is 1.84. The SMILES string of the molecule is CCCNC(COc1c(C)ccc(C)c1C)C(N)=O. The summed E-state index contributed by atoms with van der Waals surface area (Å²) in [6, 6.07) is 3.65. The van der Waals surface area contributed by atoms with Crippen molar-refractivity contribution in [2.45, 2.75) is 40.2 Å². The maximum atomic E-state index is 11.3. The van der Waals surface area contributed by atoms with Crippen LogP contribution in [0.5, 0.6) is 5.75 Å². The zero-order chi connectivity index (χ0) is 14.4. The maximum absolute atomic E-state index is 11.3. The third-order valence-electron chi connectivity index (χ3n) is 3.25. The predicted molar refractivity (Wildman–Crippen MR) is 77.4 cm³/mol. The average Bonchev–Trinajstić information content (AvgIpc) is 2.37. The summed E-state index contributed by atoms with van der Waals surface area (Å²) < 4.78 is 5.81. The summed E-state index contributed by atoms with van der Waals surface area (Å²) in [5.74, 6) is 0.473. The van der Waals surface area contributed by atoms with Gasteiger partial charge in [0, 0.05) is 0 Å². The van der Waals surface area contributed by atoms with Gasteiger partial charge < -0.3 is 15.8 Å². The third-order valence-corrected chi connectivity index (χ3v) is 3.25. The molecule has 0 radical (unpaired) electrons. The van der Waals surface area contributed by atoms with Crippen LogP contribution in [0.1, 0.15) is 30.0 Å². The third kappa shape index (κ3) is 4.24. The number of rotatable bonds is 7. The highest BCUT2D eigenvalue weighted by Crippen LogP contribution is 2.25. The largest absolute Gasteiger partial charge is 0.491 e. The zero-order valence-electron chi connectivity index (χ0n) is 12.2. The molecule has 0 aromatic heterocycles. The first kappa shape index (κ1) is 15.5. The molecule has 0 aliphatic heterocycles. The van der Waals surface area contributed by atoms with Gasteiger partial charge in [0.15, 0.2) is 0 Å². The Morgan fingerprint density at radius 2 is 1.95 bits per heavy atom. The molecule has 0 bridgehead atoms. The molecule has 1 rings (SSSR count). The van der Waals surface area contributed by atoms with Gasteiger partial charge >= 0.3 is 0 Å². The molecule has 0 spiro atoms. The van der Waals surface area contributed by atoms with Crippen LogP contribution in [-0.2, 0) is 4.79 Å². The minimum Gasteiger partial charge on any atom is -0.491 e. The van der Waals surface area contributed by atoms with E-state index >= 15 is 0 Å². The highest BCUT2D eigenvalue weighted by Gasteiger charge is 2.16. The van der Waals surface area contributed by atoms with Crippen LogP contribution in [0.2, 0.25) is 0 Å². The molecule has 106 valence electrons. The Morgan fingerprint density at radius 1 is 1.32 bits per heavy atom. The fourth-order valence-corrected chi connectivity index (χ4v) is 1.87. The van der Waals surface area contributed by atoms with Crippen LogP contribution in [0, 0.1) is 20.8 Å². The number of carbonyl (C=O) groups excluding carboxylic acids is 1. The van der Waals surface area contributed by atoms with Crippen LogP contribution in [0.4, 0.5) is 0 Å². The normalized spacial score (nSPS) is 12.2. The van der Waals surface area contributed by atoms with Gasteiger partial charge in [-0.3, -0.25) is 4.79 Å². The van der Waals surface area contributed by atoms with Gasteiger partial charge in [0.05, 0.1) is 0 Å². The summed E-state index contributed by atoms with van der Waals surface area (Å²) in [5, 5.41) is 3.09. The minimum absolute atomic E-state index is 0.264. The highest BCUT2D eigenvalue weighted by atomic mass is 16.5. The van der Waals surface area contributed by atoms with E-state index in [1.807, 2.05) is 33.8 Å². The van der Waals surface area contributed by atoms with Crippen molar-refractivity contribution in [3.8, 4) is 5.75 Å². The van der Waals surface area contributed by atoms with E-state index in [0.717, 1.165) is 29.8 Å². The minimum atomic E-state index is -0.445. The fourth-order valence-electron chi connectivity index (χ4n) is 1.87. The first-order valence-corrected chi connectivity index (χ1v) is 6.69. The molecular formula is C15H24N2O2. The van der Waals surface area contributed by atoms with Crippen LogP contribution in [-0.4, -0.2) is 25.1 Å². The van der Waals surface area contributed by atoms with E-state index in [9.17, 15) is 4.79 Å². The molecule has 1 aromatic rings. The molecule has 1 aromatic carbocycles. The molecule has 1 amide bonds. The number of benzene rings is 1. The maximum Gasteiger partial charge on any atom is 0.238 e. The Kier molecular flexibility index (Phi) is 5.83. The van der Waals surface area contributed by atoms with Crippen molar-refractivity contribution in [1.29, 1.82) is 0 Å². The lowest BCUT2D eigenvalue weighted by atomic mass is 10.1. The Bertz CT molecular complexity index is 444. The average molecular weight is 264 g/mol. The number of nitrogens with two attached hydrogens (primary N) is 1. The van der Waals surface area contributed by atoms with E-state index in [2.05, 4.69) is 11.4 Å². The molecule has 4 nitrogen and oxygen atoms in total. The second-order valence-electron chi connectivity index (χ2n) is 4.87. The summed E-state index contributed by atoms with van der Waals surface area (Å²) in [7, 11) is 0. The zero-order valence-corrected chi connectivity index (χ0v) is 12.2. The highest BCUT2D eigenvalue weighted by molar-refractivity contribution is 5.80. The fraction of sp³-hybridized carbons (Fsp3) is 0.533. The molecule has 19 heavy (non-hydrogen) atoms. The van der Waals surface area contributed by atoms with Crippen molar-refractivity contribution >= 4 is 5.91 Å². The Labute approximate surface area is 115 Å². The number of amides is 1. The molecular weight excluding hydrogens is 240 g/mol. The second-order valence-corrected chi connectivity index (χ2v) is 4.87.